The van der Waals surface area contributed by atoms with Crippen molar-refractivity contribution in [3.8, 4) is 0 Å². The summed E-state index contributed by atoms with van der Waals surface area (Å²) in [5.74, 6) is 1.68. The fourth-order valence-corrected chi connectivity index (χ4v) is 3.43. The number of aromatic nitrogens is 2. The van der Waals surface area contributed by atoms with Crippen LogP contribution in [0.15, 0.2) is 0 Å². The molecule has 0 spiro atoms. The van der Waals surface area contributed by atoms with Crippen LogP contribution in [0.4, 0.5) is 5.13 Å². The summed E-state index contributed by atoms with van der Waals surface area (Å²) >= 11 is 1.55. The summed E-state index contributed by atoms with van der Waals surface area (Å²) < 4.78 is 4.54. The Kier molecular flexibility index (Phi) is 5.02. The Morgan fingerprint density at radius 2 is 2.15 bits per heavy atom. The zero-order chi connectivity index (χ0) is 14.8. The van der Waals surface area contributed by atoms with Crippen molar-refractivity contribution in [3.63, 3.8) is 0 Å². The number of rotatable bonds is 5. The molecule has 1 atom stereocenters. The van der Waals surface area contributed by atoms with Gasteiger partial charge in [-0.15, -0.1) is 0 Å². The number of hydrogen-bond acceptors (Lipinski definition) is 5. The van der Waals surface area contributed by atoms with E-state index in [-0.39, 0.29) is 5.41 Å². The Bertz CT molecular complexity index is 422. The Morgan fingerprint density at radius 1 is 1.40 bits per heavy atom. The van der Waals surface area contributed by atoms with Gasteiger partial charge in [0.05, 0.1) is 0 Å². The molecule has 0 radical (unpaired) electrons. The number of nitrogens with zero attached hydrogens (tertiary/aromatic N) is 3. The second kappa shape index (κ2) is 6.39. The monoisotopic (exact) mass is 296 g/mol. The highest BCUT2D eigenvalue weighted by atomic mass is 32.1. The molecule has 1 unspecified atom stereocenters. The third-order valence-corrected chi connectivity index (χ3v) is 4.39. The van der Waals surface area contributed by atoms with Crippen LogP contribution in [0.25, 0.3) is 0 Å². The van der Waals surface area contributed by atoms with Crippen LogP contribution < -0.4 is 10.2 Å². The Hall–Kier alpha value is -0.680. The molecule has 0 amide bonds. The fourth-order valence-electron chi connectivity index (χ4n) is 2.48. The highest BCUT2D eigenvalue weighted by molar-refractivity contribution is 7.09. The van der Waals surface area contributed by atoms with E-state index in [2.05, 4.69) is 49.2 Å². The maximum atomic E-state index is 4.76. The quantitative estimate of drug-likeness (QED) is 0.906. The van der Waals surface area contributed by atoms with Gasteiger partial charge in [-0.3, -0.25) is 0 Å². The molecule has 0 aromatic carbocycles. The van der Waals surface area contributed by atoms with Crippen molar-refractivity contribution < 1.29 is 0 Å². The minimum Gasteiger partial charge on any atom is -0.343 e. The number of nitrogens with one attached hydrogen (secondary N) is 1. The fraction of sp³-hybridized carbons (Fsp3) is 0.867. The first-order valence-corrected chi connectivity index (χ1v) is 8.47. The third kappa shape index (κ3) is 3.92. The van der Waals surface area contributed by atoms with Crippen LogP contribution in [-0.4, -0.2) is 35.0 Å². The van der Waals surface area contributed by atoms with Crippen LogP contribution in [-0.2, 0) is 5.41 Å². The van der Waals surface area contributed by atoms with Crippen molar-refractivity contribution in [2.24, 2.45) is 5.92 Å². The molecule has 1 fully saturated rings. The maximum Gasteiger partial charge on any atom is 0.205 e. The van der Waals surface area contributed by atoms with E-state index in [1.165, 1.54) is 12.8 Å². The van der Waals surface area contributed by atoms with E-state index in [1.807, 2.05) is 0 Å². The van der Waals surface area contributed by atoms with Crippen LogP contribution in [0, 0.1) is 5.92 Å². The molecule has 1 N–H and O–H groups in total. The first kappa shape index (κ1) is 15.7. The van der Waals surface area contributed by atoms with Crippen LogP contribution >= 0.6 is 11.5 Å². The first-order chi connectivity index (χ1) is 9.38. The van der Waals surface area contributed by atoms with Crippen molar-refractivity contribution >= 4 is 16.7 Å². The van der Waals surface area contributed by atoms with Crippen LogP contribution in [0.5, 0.6) is 0 Å². The molecule has 1 saturated heterocycles. The van der Waals surface area contributed by atoms with Crippen molar-refractivity contribution in [1.82, 2.24) is 14.7 Å². The van der Waals surface area contributed by atoms with E-state index in [4.69, 9.17) is 4.98 Å². The summed E-state index contributed by atoms with van der Waals surface area (Å²) in [5.41, 5.74) is 0.0415. The minimum absolute atomic E-state index is 0.0415. The average Bonchev–Trinajstić information content (AvgIpc) is 2.93. The van der Waals surface area contributed by atoms with Gasteiger partial charge >= 0.3 is 0 Å². The standard InChI is InChI=1S/C15H28N4S/c1-11(2)9-16-10-12-7-6-8-19(12)14-17-13(18-20-14)15(3,4)5/h11-12,16H,6-10H2,1-5H3. The molecule has 1 aliphatic rings. The van der Waals surface area contributed by atoms with Gasteiger partial charge in [0.2, 0.25) is 5.13 Å². The maximum absolute atomic E-state index is 4.76. The van der Waals surface area contributed by atoms with Gasteiger partial charge in [0.25, 0.3) is 0 Å². The summed E-state index contributed by atoms with van der Waals surface area (Å²) in [6, 6.07) is 0.578. The lowest BCUT2D eigenvalue weighted by atomic mass is 9.96. The highest BCUT2D eigenvalue weighted by Gasteiger charge is 2.28. The molecular weight excluding hydrogens is 268 g/mol. The molecule has 20 heavy (non-hydrogen) atoms. The predicted molar refractivity (Wildman–Crippen MR) is 86.7 cm³/mol. The van der Waals surface area contributed by atoms with Gasteiger partial charge in [-0.2, -0.15) is 4.37 Å². The van der Waals surface area contributed by atoms with Crippen LogP contribution in [0.3, 0.4) is 0 Å². The normalized spacial score (nSPS) is 20.1. The summed E-state index contributed by atoms with van der Waals surface area (Å²) in [6.45, 7) is 14.3. The molecule has 2 heterocycles. The van der Waals surface area contributed by atoms with Crippen molar-refractivity contribution in [2.45, 2.75) is 58.9 Å². The summed E-state index contributed by atoms with van der Waals surface area (Å²) in [5, 5.41) is 4.68. The molecule has 5 heteroatoms. The topological polar surface area (TPSA) is 41.0 Å². The van der Waals surface area contributed by atoms with Gasteiger partial charge in [-0.25, -0.2) is 4.98 Å². The van der Waals surface area contributed by atoms with E-state index in [0.717, 1.165) is 30.6 Å². The van der Waals surface area contributed by atoms with E-state index in [0.29, 0.717) is 12.0 Å². The van der Waals surface area contributed by atoms with Crippen LogP contribution in [0.2, 0.25) is 0 Å². The third-order valence-electron chi connectivity index (χ3n) is 3.64. The van der Waals surface area contributed by atoms with Gasteiger partial charge in [0.1, 0.15) is 5.82 Å². The molecule has 1 aromatic heterocycles. The summed E-state index contributed by atoms with van der Waals surface area (Å²) in [7, 11) is 0. The minimum atomic E-state index is 0.0415. The molecule has 2 rings (SSSR count). The zero-order valence-electron chi connectivity index (χ0n) is 13.4. The molecule has 1 aromatic rings. The highest BCUT2D eigenvalue weighted by Crippen LogP contribution is 2.30. The van der Waals surface area contributed by atoms with Gasteiger partial charge in [0.15, 0.2) is 0 Å². The molecule has 0 saturated carbocycles. The van der Waals surface area contributed by atoms with E-state index < -0.39 is 0 Å². The Morgan fingerprint density at radius 3 is 2.75 bits per heavy atom. The summed E-state index contributed by atoms with van der Waals surface area (Å²) in [6.07, 6.45) is 2.52. The van der Waals surface area contributed by atoms with Crippen LogP contribution in [0.1, 0.15) is 53.3 Å². The van der Waals surface area contributed by atoms with Crippen molar-refractivity contribution in [1.29, 1.82) is 0 Å². The second-order valence-electron chi connectivity index (χ2n) is 7.19. The zero-order valence-corrected chi connectivity index (χ0v) is 14.3. The Balaban J connectivity index is 1.98. The van der Waals surface area contributed by atoms with E-state index in [1.54, 1.807) is 11.5 Å². The molecule has 0 aliphatic carbocycles. The second-order valence-corrected chi connectivity index (χ2v) is 7.92. The number of anilines is 1. The largest absolute Gasteiger partial charge is 0.343 e. The average molecular weight is 296 g/mol. The predicted octanol–water partition coefficient (Wildman–Crippen LogP) is 3.05. The van der Waals surface area contributed by atoms with E-state index >= 15 is 0 Å². The van der Waals surface area contributed by atoms with Gasteiger partial charge in [-0.05, 0) is 25.3 Å². The summed E-state index contributed by atoms with van der Waals surface area (Å²) in [4.78, 5) is 7.21. The Labute approximate surface area is 127 Å². The lowest BCUT2D eigenvalue weighted by Gasteiger charge is -2.24. The van der Waals surface area contributed by atoms with Gasteiger partial charge in [0, 0.05) is 36.1 Å². The van der Waals surface area contributed by atoms with E-state index in [9.17, 15) is 0 Å². The first-order valence-electron chi connectivity index (χ1n) is 7.69. The lowest BCUT2D eigenvalue weighted by Crippen LogP contribution is -2.39. The van der Waals surface area contributed by atoms with Crippen molar-refractivity contribution in [3.05, 3.63) is 5.82 Å². The molecule has 0 bridgehead atoms. The number of hydrogen-bond donors (Lipinski definition) is 1. The smallest absolute Gasteiger partial charge is 0.205 e. The van der Waals surface area contributed by atoms with Crippen molar-refractivity contribution in [2.75, 3.05) is 24.5 Å². The molecule has 1 aliphatic heterocycles. The van der Waals surface area contributed by atoms with Gasteiger partial charge < -0.3 is 10.2 Å². The molecular formula is C15H28N4S. The molecule has 114 valence electrons. The van der Waals surface area contributed by atoms with Gasteiger partial charge in [-0.1, -0.05) is 34.6 Å². The SMILES string of the molecule is CC(C)CNCC1CCCN1c1nc(C(C)(C)C)ns1. The molecule has 4 nitrogen and oxygen atoms in total. The lowest BCUT2D eigenvalue weighted by molar-refractivity contribution is 0.511.